The third-order valence-electron chi connectivity index (χ3n) is 2.59. The SMILES string of the molecule is CC(C)CNCc1ccc(SCCS(C)(=O)=O)c(F)c1. The number of benzene rings is 1. The number of rotatable bonds is 8. The second-order valence-electron chi connectivity index (χ2n) is 5.27. The van der Waals surface area contributed by atoms with Crippen molar-refractivity contribution in [3.8, 4) is 0 Å². The quantitative estimate of drug-likeness (QED) is 0.748. The van der Waals surface area contributed by atoms with Crippen LogP contribution in [0, 0.1) is 11.7 Å². The second kappa shape index (κ2) is 8.00. The van der Waals surface area contributed by atoms with Gasteiger partial charge in [0.25, 0.3) is 0 Å². The number of hydrogen-bond acceptors (Lipinski definition) is 4. The normalized spacial score (nSPS) is 12.1. The molecule has 20 heavy (non-hydrogen) atoms. The van der Waals surface area contributed by atoms with E-state index in [0.29, 0.717) is 23.1 Å². The van der Waals surface area contributed by atoms with Gasteiger partial charge < -0.3 is 5.32 Å². The minimum absolute atomic E-state index is 0.0643. The molecule has 0 saturated carbocycles. The van der Waals surface area contributed by atoms with Gasteiger partial charge in [-0.25, -0.2) is 12.8 Å². The summed E-state index contributed by atoms with van der Waals surface area (Å²) in [4.78, 5) is 0.501. The summed E-state index contributed by atoms with van der Waals surface area (Å²) < 4.78 is 35.9. The van der Waals surface area contributed by atoms with Gasteiger partial charge in [0.1, 0.15) is 15.7 Å². The lowest BCUT2D eigenvalue weighted by molar-refractivity contribution is 0.548. The zero-order chi connectivity index (χ0) is 15.2. The lowest BCUT2D eigenvalue weighted by atomic mass is 10.2. The molecule has 1 aromatic rings. The van der Waals surface area contributed by atoms with E-state index in [1.54, 1.807) is 6.07 Å². The van der Waals surface area contributed by atoms with E-state index in [9.17, 15) is 12.8 Å². The van der Waals surface area contributed by atoms with Crippen LogP contribution in [0.15, 0.2) is 23.1 Å². The maximum Gasteiger partial charge on any atom is 0.148 e. The van der Waals surface area contributed by atoms with Gasteiger partial charge in [-0.3, -0.25) is 0 Å². The van der Waals surface area contributed by atoms with Crippen molar-refractivity contribution in [1.29, 1.82) is 0 Å². The molecule has 0 aliphatic rings. The van der Waals surface area contributed by atoms with Gasteiger partial charge in [0, 0.05) is 23.4 Å². The summed E-state index contributed by atoms with van der Waals surface area (Å²) in [5.41, 5.74) is 0.899. The Morgan fingerprint density at radius 1 is 1.35 bits per heavy atom. The molecule has 3 nitrogen and oxygen atoms in total. The number of hydrogen-bond donors (Lipinski definition) is 1. The molecule has 0 aliphatic heterocycles. The molecule has 6 heteroatoms. The third-order valence-corrected chi connectivity index (χ3v) is 4.84. The number of thioether (sulfide) groups is 1. The van der Waals surface area contributed by atoms with Crippen LogP contribution >= 0.6 is 11.8 Å². The highest BCUT2D eigenvalue weighted by Crippen LogP contribution is 2.22. The predicted octanol–water partition coefficient (Wildman–Crippen LogP) is 2.71. The van der Waals surface area contributed by atoms with Gasteiger partial charge >= 0.3 is 0 Å². The third kappa shape index (κ3) is 7.26. The minimum atomic E-state index is -2.99. The summed E-state index contributed by atoms with van der Waals surface area (Å²) in [5.74, 6) is 0.716. The first kappa shape index (κ1) is 17.5. The summed E-state index contributed by atoms with van der Waals surface area (Å²) in [5, 5.41) is 3.26. The maximum absolute atomic E-state index is 13.9. The smallest absolute Gasteiger partial charge is 0.148 e. The van der Waals surface area contributed by atoms with E-state index in [1.807, 2.05) is 6.07 Å². The van der Waals surface area contributed by atoms with Crippen molar-refractivity contribution in [2.45, 2.75) is 25.3 Å². The fourth-order valence-corrected chi connectivity index (χ4v) is 3.70. The molecular formula is C14H22FNO2S2. The van der Waals surface area contributed by atoms with Gasteiger partial charge in [-0.1, -0.05) is 19.9 Å². The molecule has 0 spiro atoms. The first-order valence-corrected chi connectivity index (χ1v) is 9.62. The lowest BCUT2D eigenvalue weighted by Crippen LogP contribution is -2.19. The van der Waals surface area contributed by atoms with Crippen molar-refractivity contribution in [2.24, 2.45) is 5.92 Å². The first-order chi connectivity index (χ1) is 9.28. The molecule has 0 atom stereocenters. The predicted molar refractivity (Wildman–Crippen MR) is 83.4 cm³/mol. The molecule has 0 saturated heterocycles. The van der Waals surface area contributed by atoms with Crippen LogP contribution in [0.4, 0.5) is 4.39 Å². The average Bonchev–Trinajstić information content (AvgIpc) is 2.30. The van der Waals surface area contributed by atoms with E-state index < -0.39 is 9.84 Å². The van der Waals surface area contributed by atoms with Gasteiger partial charge in [-0.15, -0.1) is 11.8 Å². The average molecular weight is 319 g/mol. The number of nitrogens with one attached hydrogen (secondary N) is 1. The van der Waals surface area contributed by atoms with Crippen molar-refractivity contribution >= 4 is 21.6 Å². The minimum Gasteiger partial charge on any atom is -0.312 e. The highest BCUT2D eigenvalue weighted by molar-refractivity contribution is 8.00. The van der Waals surface area contributed by atoms with Crippen molar-refractivity contribution in [3.63, 3.8) is 0 Å². The highest BCUT2D eigenvalue weighted by atomic mass is 32.2. The molecule has 1 N–H and O–H groups in total. The van der Waals surface area contributed by atoms with Crippen LogP contribution in [-0.4, -0.2) is 32.7 Å². The Kier molecular flexibility index (Phi) is 6.99. The Morgan fingerprint density at radius 2 is 2.05 bits per heavy atom. The van der Waals surface area contributed by atoms with Crippen molar-refractivity contribution in [2.75, 3.05) is 24.3 Å². The molecule has 0 bridgehead atoms. The summed E-state index contributed by atoms with van der Waals surface area (Å²) in [6, 6.07) is 5.10. The summed E-state index contributed by atoms with van der Waals surface area (Å²) in [6.07, 6.45) is 1.19. The molecule has 0 aliphatic carbocycles. The standard InChI is InChI=1S/C14H22FNO2S2/c1-11(2)9-16-10-12-4-5-14(13(15)8-12)19-6-7-20(3,17)18/h4-5,8,11,16H,6-7,9-10H2,1-3H3. The van der Waals surface area contributed by atoms with Gasteiger partial charge in [-0.05, 0) is 30.2 Å². The molecule has 0 radical (unpaired) electrons. The highest BCUT2D eigenvalue weighted by Gasteiger charge is 2.07. The van der Waals surface area contributed by atoms with Crippen LogP contribution in [0.1, 0.15) is 19.4 Å². The largest absolute Gasteiger partial charge is 0.312 e. The molecule has 114 valence electrons. The van der Waals surface area contributed by atoms with E-state index >= 15 is 0 Å². The molecule has 1 aromatic carbocycles. The zero-order valence-electron chi connectivity index (χ0n) is 12.1. The molecule has 0 fully saturated rings. The van der Waals surface area contributed by atoms with Gasteiger partial charge in [-0.2, -0.15) is 0 Å². The fourth-order valence-electron chi connectivity index (χ4n) is 1.58. The Hall–Kier alpha value is -0.590. The van der Waals surface area contributed by atoms with Gasteiger partial charge in [0.2, 0.25) is 0 Å². The van der Waals surface area contributed by atoms with E-state index in [1.165, 1.54) is 24.1 Å². The van der Waals surface area contributed by atoms with E-state index in [2.05, 4.69) is 19.2 Å². The molecule has 0 amide bonds. The van der Waals surface area contributed by atoms with Gasteiger partial charge in [0.05, 0.1) is 5.75 Å². The second-order valence-corrected chi connectivity index (χ2v) is 8.66. The zero-order valence-corrected chi connectivity index (χ0v) is 13.8. The fraction of sp³-hybridized carbons (Fsp3) is 0.571. The van der Waals surface area contributed by atoms with Crippen molar-refractivity contribution < 1.29 is 12.8 Å². The Morgan fingerprint density at radius 3 is 2.60 bits per heavy atom. The molecule has 0 aromatic heterocycles. The van der Waals surface area contributed by atoms with E-state index in [-0.39, 0.29) is 11.6 Å². The van der Waals surface area contributed by atoms with Crippen LogP contribution < -0.4 is 5.32 Å². The Bertz CT molecular complexity index is 530. The topological polar surface area (TPSA) is 46.2 Å². The Balaban J connectivity index is 2.51. The monoisotopic (exact) mass is 319 g/mol. The number of sulfone groups is 1. The molecule has 0 unspecified atom stereocenters. The molecule has 0 heterocycles. The maximum atomic E-state index is 13.9. The summed E-state index contributed by atoms with van der Waals surface area (Å²) in [6.45, 7) is 5.78. The molecular weight excluding hydrogens is 297 g/mol. The van der Waals surface area contributed by atoms with Crippen LogP contribution in [0.2, 0.25) is 0 Å². The Labute approximate surface area is 125 Å². The summed E-state index contributed by atoms with van der Waals surface area (Å²) >= 11 is 1.24. The van der Waals surface area contributed by atoms with Gasteiger partial charge in [0.15, 0.2) is 0 Å². The van der Waals surface area contributed by atoms with Crippen molar-refractivity contribution in [1.82, 2.24) is 5.32 Å². The lowest BCUT2D eigenvalue weighted by Gasteiger charge is -2.09. The van der Waals surface area contributed by atoms with E-state index in [0.717, 1.165) is 12.1 Å². The first-order valence-electron chi connectivity index (χ1n) is 6.57. The van der Waals surface area contributed by atoms with Crippen LogP contribution in [0.25, 0.3) is 0 Å². The van der Waals surface area contributed by atoms with Crippen LogP contribution in [0.5, 0.6) is 0 Å². The van der Waals surface area contributed by atoms with Crippen LogP contribution in [-0.2, 0) is 16.4 Å². The summed E-state index contributed by atoms with van der Waals surface area (Å²) in [7, 11) is -2.99. The van der Waals surface area contributed by atoms with E-state index in [4.69, 9.17) is 0 Å². The molecule has 1 rings (SSSR count). The van der Waals surface area contributed by atoms with Crippen molar-refractivity contribution in [3.05, 3.63) is 29.6 Å². The van der Waals surface area contributed by atoms with Crippen LogP contribution in [0.3, 0.4) is 0 Å². The number of halogens is 1.